The molecule has 3 heteroatoms. The molecule has 1 saturated heterocycles. The molecule has 2 fully saturated rings. The molecule has 1 aliphatic carbocycles. The van der Waals surface area contributed by atoms with Crippen LogP contribution < -0.4 is 5.73 Å². The number of hydrogen-bond acceptors (Lipinski definition) is 2. The Kier molecular flexibility index (Phi) is 1.65. The van der Waals surface area contributed by atoms with Gasteiger partial charge >= 0.3 is 0 Å². The van der Waals surface area contributed by atoms with E-state index in [-0.39, 0.29) is 5.41 Å². The van der Waals surface area contributed by atoms with Gasteiger partial charge in [-0.15, -0.1) is 0 Å². The van der Waals surface area contributed by atoms with Crippen LogP contribution in [0.4, 0.5) is 0 Å². The van der Waals surface area contributed by atoms with Crippen molar-refractivity contribution in [3.63, 3.8) is 0 Å². The van der Waals surface area contributed by atoms with Gasteiger partial charge in [0.05, 0.1) is 5.41 Å². The van der Waals surface area contributed by atoms with Crippen LogP contribution in [0.1, 0.15) is 19.8 Å². The molecule has 2 aliphatic rings. The second kappa shape index (κ2) is 2.46. The number of nitrogens with zero attached hydrogens (tertiary/aromatic N) is 1. The Labute approximate surface area is 72.9 Å². The molecule has 2 N–H and O–H groups in total. The van der Waals surface area contributed by atoms with Gasteiger partial charge in [0.2, 0.25) is 5.91 Å². The number of nitrogens with two attached hydrogens (primary N) is 1. The standard InChI is InChI=1S/C9H16N2O/c1-7-4-11(5-7)8(12)9(6-10)2-3-9/h7H,2-6,10H2,1H3. The third kappa shape index (κ3) is 1.04. The lowest BCUT2D eigenvalue weighted by Crippen LogP contribution is -2.52. The van der Waals surface area contributed by atoms with Gasteiger partial charge in [-0.3, -0.25) is 4.79 Å². The van der Waals surface area contributed by atoms with Crippen molar-refractivity contribution in [3.05, 3.63) is 0 Å². The Bertz CT molecular complexity index is 205. The molecule has 0 radical (unpaired) electrons. The van der Waals surface area contributed by atoms with Crippen LogP contribution in [-0.4, -0.2) is 30.4 Å². The Hall–Kier alpha value is -0.570. The van der Waals surface area contributed by atoms with Gasteiger partial charge in [-0.25, -0.2) is 0 Å². The highest BCUT2D eigenvalue weighted by Gasteiger charge is 2.51. The normalized spacial score (nSPS) is 26.7. The fraction of sp³-hybridized carbons (Fsp3) is 0.889. The van der Waals surface area contributed by atoms with Gasteiger partial charge < -0.3 is 10.6 Å². The van der Waals surface area contributed by atoms with Gasteiger partial charge in [0.1, 0.15) is 0 Å². The van der Waals surface area contributed by atoms with E-state index < -0.39 is 0 Å². The number of hydrogen-bond donors (Lipinski definition) is 1. The van der Waals surface area contributed by atoms with Crippen molar-refractivity contribution in [1.82, 2.24) is 4.90 Å². The molecule has 0 spiro atoms. The average Bonchev–Trinajstić information content (AvgIpc) is 2.78. The molecule has 12 heavy (non-hydrogen) atoms. The summed E-state index contributed by atoms with van der Waals surface area (Å²) in [6.07, 6.45) is 2.01. The second-order valence-electron chi connectivity index (χ2n) is 4.30. The maximum atomic E-state index is 11.7. The third-order valence-corrected chi connectivity index (χ3v) is 3.05. The lowest BCUT2D eigenvalue weighted by atomic mass is 9.97. The van der Waals surface area contributed by atoms with Crippen LogP contribution >= 0.6 is 0 Å². The van der Waals surface area contributed by atoms with Crippen LogP contribution in [0.15, 0.2) is 0 Å². The van der Waals surface area contributed by atoms with Crippen molar-refractivity contribution >= 4 is 5.91 Å². The van der Waals surface area contributed by atoms with E-state index in [9.17, 15) is 4.79 Å². The molecule has 0 atom stereocenters. The first-order valence-electron chi connectivity index (χ1n) is 4.67. The highest BCUT2D eigenvalue weighted by atomic mass is 16.2. The van der Waals surface area contributed by atoms with Crippen LogP contribution in [0.2, 0.25) is 0 Å². The van der Waals surface area contributed by atoms with Crippen molar-refractivity contribution in [2.45, 2.75) is 19.8 Å². The van der Waals surface area contributed by atoms with Crippen LogP contribution in [0.25, 0.3) is 0 Å². The fourth-order valence-corrected chi connectivity index (χ4v) is 1.86. The molecule has 68 valence electrons. The van der Waals surface area contributed by atoms with E-state index in [0.717, 1.165) is 25.9 Å². The monoisotopic (exact) mass is 168 g/mol. The summed E-state index contributed by atoms with van der Waals surface area (Å²) in [7, 11) is 0. The smallest absolute Gasteiger partial charge is 0.230 e. The summed E-state index contributed by atoms with van der Waals surface area (Å²) in [6, 6.07) is 0. The maximum absolute atomic E-state index is 11.7. The largest absolute Gasteiger partial charge is 0.342 e. The molecule has 2 rings (SSSR count). The van der Waals surface area contributed by atoms with Crippen LogP contribution in [-0.2, 0) is 4.79 Å². The van der Waals surface area contributed by atoms with Gasteiger partial charge in [-0.05, 0) is 18.8 Å². The molecule has 0 bridgehead atoms. The summed E-state index contributed by atoms with van der Waals surface area (Å²) in [6.45, 7) is 4.60. The lowest BCUT2D eigenvalue weighted by molar-refractivity contribution is -0.142. The number of amides is 1. The third-order valence-electron chi connectivity index (χ3n) is 3.05. The Morgan fingerprint density at radius 1 is 1.58 bits per heavy atom. The van der Waals surface area contributed by atoms with E-state index in [2.05, 4.69) is 6.92 Å². The van der Waals surface area contributed by atoms with Crippen LogP contribution in [0.5, 0.6) is 0 Å². The molecule has 3 nitrogen and oxygen atoms in total. The quantitative estimate of drug-likeness (QED) is 0.640. The zero-order valence-electron chi connectivity index (χ0n) is 7.55. The van der Waals surface area contributed by atoms with E-state index in [1.165, 1.54) is 0 Å². The van der Waals surface area contributed by atoms with Gasteiger partial charge in [-0.1, -0.05) is 6.92 Å². The molecular weight excluding hydrogens is 152 g/mol. The van der Waals surface area contributed by atoms with E-state index in [0.29, 0.717) is 18.4 Å². The molecule has 0 aromatic carbocycles. The van der Waals surface area contributed by atoms with Crippen molar-refractivity contribution in [3.8, 4) is 0 Å². The minimum absolute atomic E-state index is 0.125. The summed E-state index contributed by atoms with van der Waals surface area (Å²) in [5.41, 5.74) is 5.45. The number of carbonyl (C=O) groups excluding carboxylic acids is 1. The molecule has 0 aromatic heterocycles. The molecule has 0 unspecified atom stereocenters. The van der Waals surface area contributed by atoms with Gasteiger partial charge in [0.15, 0.2) is 0 Å². The molecule has 1 amide bonds. The predicted octanol–water partition coefficient (Wildman–Crippen LogP) is 0.204. The van der Waals surface area contributed by atoms with Gasteiger partial charge in [0, 0.05) is 19.6 Å². The first-order chi connectivity index (χ1) is 5.68. The highest BCUT2D eigenvalue weighted by molar-refractivity contribution is 5.86. The van der Waals surface area contributed by atoms with Crippen LogP contribution in [0, 0.1) is 11.3 Å². The van der Waals surface area contributed by atoms with Crippen molar-refractivity contribution < 1.29 is 4.79 Å². The van der Waals surface area contributed by atoms with E-state index in [4.69, 9.17) is 5.73 Å². The van der Waals surface area contributed by atoms with Crippen molar-refractivity contribution in [2.75, 3.05) is 19.6 Å². The summed E-state index contributed by atoms with van der Waals surface area (Å²) in [4.78, 5) is 13.7. The first-order valence-corrected chi connectivity index (χ1v) is 4.67. The van der Waals surface area contributed by atoms with Gasteiger partial charge in [0.25, 0.3) is 0 Å². The number of likely N-dealkylation sites (tertiary alicyclic amines) is 1. The molecular formula is C9H16N2O. The minimum Gasteiger partial charge on any atom is -0.342 e. The number of carbonyl (C=O) groups is 1. The van der Waals surface area contributed by atoms with Crippen molar-refractivity contribution in [2.24, 2.45) is 17.1 Å². The summed E-state index contributed by atoms with van der Waals surface area (Å²) in [5.74, 6) is 1.01. The fourth-order valence-electron chi connectivity index (χ4n) is 1.86. The van der Waals surface area contributed by atoms with E-state index >= 15 is 0 Å². The second-order valence-corrected chi connectivity index (χ2v) is 4.30. The SMILES string of the molecule is CC1CN(C(=O)C2(CN)CC2)C1. The Morgan fingerprint density at radius 3 is 2.50 bits per heavy atom. The Morgan fingerprint density at radius 2 is 2.17 bits per heavy atom. The predicted molar refractivity (Wildman–Crippen MR) is 46.5 cm³/mol. The zero-order valence-corrected chi connectivity index (χ0v) is 7.55. The van der Waals surface area contributed by atoms with Crippen LogP contribution in [0.3, 0.4) is 0 Å². The maximum Gasteiger partial charge on any atom is 0.230 e. The first kappa shape index (κ1) is 8.05. The topological polar surface area (TPSA) is 46.3 Å². The van der Waals surface area contributed by atoms with Gasteiger partial charge in [-0.2, -0.15) is 0 Å². The summed E-state index contributed by atoms with van der Waals surface area (Å²) >= 11 is 0. The molecule has 0 aromatic rings. The highest BCUT2D eigenvalue weighted by Crippen LogP contribution is 2.47. The summed E-state index contributed by atoms with van der Waals surface area (Å²) in [5, 5.41) is 0. The van der Waals surface area contributed by atoms with Crippen molar-refractivity contribution in [1.29, 1.82) is 0 Å². The Balaban J connectivity index is 1.93. The van der Waals surface area contributed by atoms with E-state index in [1.54, 1.807) is 0 Å². The average molecular weight is 168 g/mol. The molecule has 1 heterocycles. The minimum atomic E-state index is -0.125. The number of rotatable bonds is 2. The zero-order chi connectivity index (χ0) is 8.77. The molecule has 1 aliphatic heterocycles. The molecule has 1 saturated carbocycles. The lowest BCUT2D eigenvalue weighted by Gasteiger charge is -2.39. The summed E-state index contributed by atoms with van der Waals surface area (Å²) < 4.78 is 0. The van der Waals surface area contributed by atoms with E-state index in [1.807, 2.05) is 4.90 Å².